The molecule has 15 heteroatoms. The molecule has 2 aromatic heterocycles. The van der Waals surface area contributed by atoms with E-state index < -0.39 is 42.1 Å². The molecular weight excluding hydrogens is 450 g/mol. The highest BCUT2D eigenvalue weighted by molar-refractivity contribution is 5.82. The fourth-order valence-corrected chi connectivity index (χ4v) is 3.32. The Kier molecular flexibility index (Phi) is 7.71. The van der Waals surface area contributed by atoms with Crippen LogP contribution in [0.25, 0.3) is 21.6 Å². The van der Waals surface area contributed by atoms with Crippen LogP contribution < -0.4 is 11.1 Å². The van der Waals surface area contributed by atoms with Gasteiger partial charge in [0.05, 0.1) is 12.9 Å². The molecular formula is C19H27N9O6. The SMILES string of the molecule is CC(C)(C)OC(=O)NC(CCCN=[N+]=[N-])C(=O)OC1COC(n2cnc3c(N)ncnc32)C1O. The Morgan fingerprint density at radius 1 is 1.44 bits per heavy atom. The largest absolute Gasteiger partial charge is 0.455 e. The van der Waals surface area contributed by atoms with E-state index in [1.165, 1.54) is 17.2 Å². The number of fused-ring (bicyclic) bond motifs is 1. The number of rotatable bonds is 8. The average molecular weight is 477 g/mol. The highest BCUT2D eigenvalue weighted by Gasteiger charge is 2.41. The molecule has 4 unspecified atom stereocenters. The van der Waals surface area contributed by atoms with Gasteiger partial charge in [0.2, 0.25) is 0 Å². The molecule has 15 nitrogen and oxygen atoms in total. The molecule has 3 heterocycles. The first-order valence-electron chi connectivity index (χ1n) is 10.5. The molecule has 1 amide bonds. The van der Waals surface area contributed by atoms with Gasteiger partial charge in [0, 0.05) is 11.5 Å². The number of aliphatic hydroxyl groups is 1. The van der Waals surface area contributed by atoms with E-state index in [0.717, 1.165) is 0 Å². The number of esters is 1. The lowest BCUT2D eigenvalue weighted by Crippen LogP contribution is -2.46. The zero-order valence-electron chi connectivity index (χ0n) is 19.0. The first-order valence-corrected chi connectivity index (χ1v) is 10.5. The van der Waals surface area contributed by atoms with Crippen LogP contribution in [0.1, 0.15) is 39.8 Å². The quantitative estimate of drug-likeness (QED) is 0.162. The molecule has 1 fully saturated rings. The van der Waals surface area contributed by atoms with Crippen molar-refractivity contribution in [2.24, 2.45) is 5.11 Å². The number of nitrogens with zero attached hydrogens (tertiary/aromatic N) is 7. The summed E-state index contributed by atoms with van der Waals surface area (Å²) in [5.41, 5.74) is 14.2. The van der Waals surface area contributed by atoms with Gasteiger partial charge in [-0.25, -0.2) is 24.5 Å². The van der Waals surface area contributed by atoms with Crippen LogP contribution in [0.4, 0.5) is 10.6 Å². The van der Waals surface area contributed by atoms with Gasteiger partial charge in [-0.3, -0.25) is 4.57 Å². The van der Waals surface area contributed by atoms with E-state index in [2.05, 4.69) is 30.3 Å². The summed E-state index contributed by atoms with van der Waals surface area (Å²) in [6.07, 6.45) is -0.896. The number of hydrogen-bond acceptors (Lipinski definition) is 11. The molecule has 1 aliphatic rings. The highest BCUT2D eigenvalue weighted by atomic mass is 16.6. The van der Waals surface area contributed by atoms with Crippen molar-refractivity contribution in [3.05, 3.63) is 23.1 Å². The fourth-order valence-electron chi connectivity index (χ4n) is 3.32. The Bertz CT molecular complexity index is 1080. The van der Waals surface area contributed by atoms with Gasteiger partial charge in [-0.15, -0.1) is 0 Å². The van der Waals surface area contributed by atoms with Crippen molar-refractivity contribution in [1.29, 1.82) is 0 Å². The third kappa shape index (κ3) is 6.01. The second-order valence-electron chi connectivity index (χ2n) is 8.57. The van der Waals surface area contributed by atoms with Gasteiger partial charge in [-0.05, 0) is 39.1 Å². The van der Waals surface area contributed by atoms with Crippen molar-refractivity contribution in [2.45, 2.75) is 63.7 Å². The fraction of sp³-hybridized carbons (Fsp3) is 0.632. The summed E-state index contributed by atoms with van der Waals surface area (Å²) < 4.78 is 17.8. The van der Waals surface area contributed by atoms with E-state index >= 15 is 0 Å². The highest BCUT2D eigenvalue weighted by Crippen LogP contribution is 2.29. The van der Waals surface area contributed by atoms with Crippen LogP contribution in [0.3, 0.4) is 0 Å². The molecule has 0 bridgehead atoms. The van der Waals surface area contributed by atoms with Crippen LogP contribution in [0.15, 0.2) is 17.8 Å². The number of carbonyl (C=O) groups excluding carboxylic acids is 2. The van der Waals surface area contributed by atoms with Crippen molar-refractivity contribution < 1.29 is 28.9 Å². The summed E-state index contributed by atoms with van der Waals surface area (Å²) in [5.74, 6) is -0.613. The van der Waals surface area contributed by atoms with E-state index in [1.54, 1.807) is 20.8 Å². The standard InChI is InChI=1S/C19H27N9O6/c1-19(2,3)34-18(31)26-10(5-4-6-25-27-21)17(30)33-11-7-32-16(13(11)29)28-9-24-12-14(20)22-8-23-15(12)28/h8-11,13,16,29H,4-7H2,1-3H3,(H,26,31)(H2,20,22,23). The number of ether oxygens (including phenoxy) is 3. The number of imidazole rings is 1. The molecule has 34 heavy (non-hydrogen) atoms. The van der Waals surface area contributed by atoms with Gasteiger partial charge in [-0.1, -0.05) is 5.11 Å². The van der Waals surface area contributed by atoms with Crippen LogP contribution >= 0.6 is 0 Å². The Balaban J connectivity index is 1.68. The lowest BCUT2D eigenvalue weighted by molar-refractivity contribution is -0.155. The van der Waals surface area contributed by atoms with Crippen LogP contribution in [0.2, 0.25) is 0 Å². The number of anilines is 1. The van der Waals surface area contributed by atoms with Crippen molar-refractivity contribution in [1.82, 2.24) is 24.8 Å². The van der Waals surface area contributed by atoms with Gasteiger partial charge >= 0.3 is 12.1 Å². The zero-order chi connectivity index (χ0) is 24.9. The summed E-state index contributed by atoms with van der Waals surface area (Å²) >= 11 is 0. The number of nitrogens with two attached hydrogens (primary N) is 1. The summed E-state index contributed by atoms with van der Waals surface area (Å²) in [4.78, 5) is 39.8. The first-order chi connectivity index (χ1) is 16.1. The number of hydrogen-bond donors (Lipinski definition) is 3. The molecule has 1 aliphatic heterocycles. The summed E-state index contributed by atoms with van der Waals surface area (Å²) in [7, 11) is 0. The van der Waals surface area contributed by atoms with Crippen molar-refractivity contribution in [3.63, 3.8) is 0 Å². The summed E-state index contributed by atoms with van der Waals surface area (Å²) in [5, 5.41) is 16.7. The van der Waals surface area contributed by atoms with Gasteiger partial charge in [-0.2, -0.15) is 0 Å². The monoisotopic (exact) mass is 477 g/mol. The minimum atomic E-state index is -1.25. The zero-order valence-corrected chi connectivity index (χ0v) is 19.0. The predicted molar refractivity (Wildman–Crippen MR) is 117 cm³/mol. The minimum Gasteiger partial charge on any atom is -0.455 e. The van der Waals surface area contributed by atoms with Crippen molar-refractivity contribution in [3.8, 4) is 0 Å². The average Bonchev–Trinajstić information content (AvgIpc) is 3.33. The van der Waals surface area contributed by atoms with E-state index in [9.17, 15) is 14.7 Å². The van der Waals surface area contributed by atoms with E-state index in [4.69, 9.17) is 25.5 Å². The number of nitrogen functional groups attached to an aromatic ring is 1. The number of azide groups is 1. The Labute approximate surface area is 194 Å². The Morgan fingerprint density at radius 3 is 2.91 bits per heavy atom. The number of carbonyl (C=O) groups is 2. The van der Waals surface area contributed by atoms with Gasteiger partial charge in [0.25, 0.3) is 0 Å². The summed E-state index contributed by atoms with van der Waals surface area (Å²) in [6, 6.07) is -1.09. The van der Waals surface area contributed by atoms with Crippen LogP contribution in [-0.2, 0) is 19.0 Å². The van der Waals surface area contributed by atoms with E-state index in [-0.39, 0.29) is 25.4 Å². The van der Waals surface area contributed by atoms with Crippen LogP contribution in [-0.4, -0.2) is 73.7 Å². The topological polar surface area (TPSA) is 212 Å². The van der Waals surface area contributed by atoms with Gasteiger partial charge in [0.15, 0.2) is 23.8 Å². The third-order valence-electron chi connectivity index (χ3n) is 4.82. The number of aromatic nitrogens is 4. The van der Waals surface area contributed by atoms with E-state index in [1.807, 2.05) is 0 Å². The smallest absolute Gasteiger partial charge is 0.408 e. The second-order valence-corrected chi connectivity index (χ2v) is 8.57. The van der Waals surface area contributed by atoms with Gasteiger partial charge < -0.3 is 30.4 Å². The predicted octanol–water partition coefficient (Wildman–Crippen LogP) is 1.19. The molecule has 0 saturated carbocycles. The van der Waals surface area contributed by atoms with E-state index in [0.29, 0.717) is 17.6 Å². The molecule has 3 rings (SSSR count). The second kappa shape index (κ2) is 10.5. The maximum Gasteiger partial charge on any atom is 0.408 e. The number of alkyl carbamates (subject to hydrolysis) is 1. The third-order valence-corrected chi connectivity index (χ3v) is 4.82. The molecule has 0 spiro atoms. The molecule has 0 radical (unpaired) electrons. The normalized spacial score (nSPS) is 21.0. The molecule has 0 aliphatic carbocycles. The van der Waals surface area contributed by atoms with Crippen molar-refractivity contribution in [2.75, 3.05) is 18.9 Å². The molecule has 4 N–H and O–H groups in total. The summed E-state index contributed by atoms with van der Waals surface area (Å²) in [6.45, 7) is 5.09. The Morgan fingerprint density at radius 2 is 2.21 bits per heavy atom. The lowest BCUT2D eigenvalue weighted by atomic mass is 10.1. The molecule has 184 valence electrons. The molecule has 1 saturated heterocycles. The Hall–Kier alpha value is -3.68. The van der Waals surface area contributed by atoms with Crippen LogP contribution in [0.5, 0.6) is 0 Å². The van der Waals surface area contributed by atoms with Gasteiger partial charge in [0.1, 0.15) is 29.6 Å². The number of amides is 1. The lowest BCUT2D eigenvalue weighted by Gasteiger charge is -2.24. The minimum absolute atomic E-state index is 0.101. The first kappa shape index (κ1) is 25.0. The maximum atomic E-state index is 12.8. The maximum absolute atomic E-state index is 12.8. The van der Waals surface area contributed by atoms with Crippen molar-refractivity contribution >= 4 is 29.0 Å². The van der Waals surface area contributed by atoms with Crippen LogP contribution in [0, 0.1) is 0 Å². The molecule has 2 aromatic rings. The number of nitrogens with one attached hydrogen (secondary N) is 1. The number of aliphatic hydroxyl groups excluding tert-OH is 1. The molecule has 0 aromatic carbocycles. The molecule has 4 atom stereocenters.